The lowest BCUT2D eigenvalue weighted by molar-refractivity contribution is 0.129. The first-order valence-electron chi connectivity index (χ1n) is 7.30. The van der Waals surface area contributed by atoms with Gasteiger partial charge in [-0.3, -0.25) is 4.90 Å². The summed E-state index contributed by atoms with van der Waals surface area (Å²) in [6.07, 6.45) is 0.956. The van der Waals surface area contributed by atoms with E-state index in [1.807, 2.05) is 13.8 Å². The van der Waals surface area contributed by atoms with E-state index in [9.17, 15) is 14.3 Å². The summed E-state index contributed by atoms with van der Waals surface area (Å²) in [4.78, 5) is 13.9. The Balaban J connectivity index is 1.99. The Morgan fingerprint density at radius 3 is 2.90 bits per heavy atom. The lowest BCUT2D eigenvalue weighted by atomic mass is 9.87. The first-order chi connectivity index (χ1) is 9.78. The molecule has 5 heteroatoms. The van der Waals surface area contributed by atoms with Crippen LogP contribution < -0.4 is 10.2 Å². The van der Waals surface area contributed by atoms with Gasteiger partial charge in [0, 0.05) is 13.1 Å². The van der Waals surface area contributed by atoms with Gasteiger partial charge in [0.15, 0.2) is 0 Å². The number of rotatable bonds is 4. The first kappa shape index (κ1) is 15.8. The Labute approximate surface area is 125 Å². The van der Waals surface area contributed by atoms with Gasteiger partial charge in [0.2, 0.25) is 0 Å². The van der Waals surface area contributed by atoms with Gasteiger partial charge in [-0.15, -0.1) is 0 Å². The molecule has 21 heavy (non-hydrogen) atoms. The summed E-state index contributed by atoms with van der Waals surface area (Å²) in [5, 5.41) is 12.3. The van der Waals surface area contributed by atoms with E-state index < -0.39 is 6.10 Å². The van der Waals surface area contributed by atoms with E-state index in [0.717, 1.165) is 12.0 Å². The Bertz CT molecular complexity index is 529. The van der Waals surface area contributed by atoms with Gasteiger partial charge in [-0.05, 0) is 42.9 Å². The van der Waals surface area contributed by atoms with Crippen LogP contribution in [-0.4, -0.2) is 30.3 Å². The highest BCUT2D eigenvalue weighted by Crippen LogP contribution is 2.29. The van der Waals surface area contributed by atoms with Crippen LogP contribution in [0.25, 0.3) is 0 Å². The summed E-state index contributed by atoms with van der Waals surface area (Å²) in [6, 6.07) is 4.35. The summed E-state index contributed by atoms with van der Waals surface area (Å²) in [6.45, 7) is 6.78. The second-order valence-corrected chi connectivity index (χ2v) is 6.55. The van der Waals surface area contributed by atoms with E-state index in [4.69, 9.17) is 0 Å². The zero-order valence-corrected chi connectivity index (χ0v) is 12.8. The SMILES string of the molecule is CC(O)CC(C)(C)CNC(=O)N1CCc2ccc(F)cc21. The minimum Gasteiger partial charge on any atom is -0.393 e. The van der Waals surface area contributed by atoms with Gasteiger partial charge in [-0.1, -0.05) is 19.9 Å². The molecule has 2 N–H and O–H groups in total. The van der Waals surface area contributed by atoms with E-state index in [0.29, 0.717) is 25.2 Å². The fraction of sp³-hybridized carbons (Fsp3) is 0.562. The number of halogens is 1. The third-order valence-electron chi connectivity index (χ3n) is 3.75. The van der Waals surface area contributed by atoms with Crippen molar-refractivity contribution >= 4 is 11.7 Å². The lowest BCUT2D eigenvalue weighted by Crippen LogP contribution is -2.43. The molecule has 1 unspecified atom stereocenters. The van der Waals surface area contributed by atoms with Gasteiger partial charge in [0.1, 0.15) is 5.82 Å². The molecule has 2 amide bonds. The normalized spacial score (nSPS) is 15.8. The molecule has 4 nitrogen and oxygen atoms in total. The van der Waals surface area contributed by atoms with Crippen molar-refractivity contribution in [2.24, 2.45) is 5.41 Å². The standard InChI is InChI=1S/C16H23FN2O2/c1-11(20)9-16(2,3)10-18-15(21)19-7-6-12-4-5-13(17)8-14(12)19/h4-5,8,11,20H,6-7,9-10H2,1-3H3,(H,18,21). The number of carbonyl (C=O) groups is 1. The molecule has 0 bridgehead atoms. The van der Waals surface area contributed by atoms with Gasteiger partial charge in [-0.25, -0.2) is 9.18 Å². The average molecular weight is 294 g/mol. The summed E-state index contributed by atoms with van der Waals surface area (Å²) < 4.78 is 13.3. The van der Waals surface area contributed by atoms with Crippen LogP contribution in [0, 0.1) is 11.2 Å². The second kappa shape index (κ2) is 6.02. The van der Waals surface area contributed by atoms with Crippen LogP contribution in [0.5, 0.6) is 0 Å². The number of nitrogens with one attached hydrogen (secondary N) is 1. The first-order valence-corrected chi connectivity index (χ1v) is 7.30. The van der Waals surface area contributed by atoms with Crippen molar-refractivity contribution in [2.45, 2.75) is 39.7 Å². The van der Waals surface area contributed by atoms with E-state index in [1.165, 1.54) is 12.1 Å². The number of nitrogens with zero attached hydrogens (tertiary/aromatic N) is 1. The van der Waals surface area contributed by atoms with Crippen LogP contribution >= 0.6 is 0 Å². The molecule has 0 aliphatic carbocycles. The highest BCUT2D eigenvalue weighted by atomic mass is 19.1. The van der Waals surface area contributed by atoms with Crippen molar-refractivity contribution in [3.05, 3.63) is 29.6 Å². The number of carbonyl (C=O) groups excluding carboxylic acids is 1. The second-order valence-electron chi connectivity index (χ2n) is 6.55. The number of aliphatic hydroxyl groups is 1. The minimum absolute atomic E-state index is 0.186. The van der Waals surface area contributed by atoms with Crippen LogP contribution in [0.1, 0.15) is 32.8 Å². The van der Waals surface area contributed by atoms with Crippen molar-refractivity contribution in [1.82, 2.24) is 5.32 Å². The molecule has 1 aromatic carbocycles. The summed E-state index contributed by atoms with van der Waals surface area (Å²) in [5.41, 5.74) is 1.46. The Morgan fingerprint density at radius 2 is 2.24 bits per heavy atom. The van der Waals surface area contributed by atoms with Gasteiger partial charge < -0.3 is 10.4 Å². The van der Waals surface area contributed by atoms with Crippen LogP contribution in [0.3, 0.4) is 0 Å². The molecule has 116 valence electrons. The van der Waals surface area contributed by atoms with Crippen molar-refractivity contribution < 1.29 is 14.3 Å². The maximum Gasteiger partial charge on any atom is 0.321 e. The third-order valence-corrected chi connectivity index (χ3v) is 3.75. The van der Waals surface area contributed by atoms with Crippen molar-refractivity contribution in [2.75, 3.05) is 18.0 Å². The number of fused-ring (bicyclic) bond motifs is 1. The number of amides is 2. The molecule has 1 aliphatic heterocycles. The predicted molar refractivity (Wildman–Crippen MR) is 80.9 cm³/mol. The highest BCUT2D eigenvalue weighted by molar-refractivity contribution is 5.94. The lowest BCUT2D eigenvalue weighted by Gasteiger charge is -2.28. The average Bonchev–Trinajstić information content (AvgIpc) is 2.77. The van der Waals surface area contributed by atoms with Crippen molar-refractivity contribution in [1.29, 1.82) is 0 Å². The zero-order chi connectivity index (χ0) is 15.6. The Kier molecular flexibility index (Phi) is 4.52. The van der Waals surface area contributed by atoms with E-state index in [2.05, 4.69) is 5.32 Å². The van der Waals surface area contributed by atoms with Gasteiger partial charge in [0.25, 0.3) is 0 Å². The molecule has 0 spiro atoms. The third kappa shape index (κ3) is 3.94. The monoisotopic (exact) mass is 294 g/mol. The maximum absolute atomic E-state index is 13.3. The fourth-order valence-corrected chi connectivity index (χ4v) is 2.85. The molecule has 0 saturated carbocycles. The van der Waals surface area contributed by atoms with Crippen LogP contribution in [0.2, 0.25) is 0 Å². The topological polar surface area (TPSA) is 52.6 Å². The van der Waals surface area contributed by atoms with Gasteiger partial charge >= 0.3 is 6.03 Å². The number of urea groups is 1. The molecule has 0 saturated heterocycles. The number of anilines is 1. The largest absolute Gasteiger partial charge is 0.393 e. The molecule has 0 fully saturated rings. The number of hydrogen-bond acceptors (Lipinski definition) is 2. The molecule has 1 aromatic rings. The molecule has 0 aromatic heterocycles. The summed E-state index contributed by atoms with van der Waals surface area (Å²) in [7, 11) is 0. The van der Waals surface area contributed by atoms with E-state index >= 15 is 0 Å². The van der Waals surface area contributed by atoms with Crippen LogP contribution in [-0.2, 0) is 6.42 Å². The highest BCUT2D eigenvalue weighted by Gasteiger charge is 2.27. The molecular weight excluding hydrogens is 271 g/mol. The maximum atomic E-state index is 13.3. The summed E-state index contributed by atoms with van der Waals surface area (Å²) >= 11 is 0. The molecule has 1 atom stereocenters. The fourth-order valence-electron chi connectivity index (χ4n) is 2.85. The van der Waals surface area contributed by atoms with E-state index in [-0.39, 0.29) is 17.3 Å². The van der Waals surface area contributed by atoms with Crippen LogP contribution in [0.4, 0.5) is 14.9 Å². The molecular formula is C16H23FN2O2. The molecule has 2 rings (SSSR count). The molecule has 1 heterocycles. The Morgan fingerprint density at radius 1 is 1.52 bits per heavy atom. The van der Waals surface area contributed by atoms with E-state index in [1.54, 1.807) is 17.9 Å². The number of aliphatic hydroxyl groups excluding tert-OH is 1. The van der Waals surface area contributed by atoms with Crippen molar-refractivity contribution in [3.63, 3.8) is 0 Å². The predicted octanol–water partition coefficient (Wildman–Crippen LogP) is 2.69. The Hall–Kier alpha value is -1.62. The summed E-state index contributed by atoms with van der Waals surface area (Å²) in [5.74, 6) is -0.331. The minimum atomic E-state index is -0.404. The quantitative estimate of drug-likeness (QED) is 0.897. The van der Waals surface area contributed by atoms with Crippen molar-refractivity contribution in [3.8, 4) is 0 Å². The molecule has 1 aliphatic rings. The van der Waals surface area contributed by atoms with Crippen LogP contribution in [0.15, 0.2) is 18.2 Å². The zero-order valence-electron chi connectivity index (χ0n) is 12.8. The number of hydrogen-bond donors (Lipinski definition) is 2. The smallest absolute Gasteiger partial charge is 0.321 e. The molecule has 0 radical (unpaired) electrons. The van der Waals surface area contributed by atoms with Gasteiger partial charge in [-0.2, -0.15) is 0 Å². The number of benzene rings is 1. The van der Waals surface area contributed by atoms with Gasteiger partial charge in [0.05, 0.1) is 11.8 Å².